The molecule has 4 aromatic rings. The Bertz CT molecular complexity index is 1860. The summed E-state index contributed by atoms with van der Waals surface area (Å²) in [7, 11) is 0. The van der Waals surface area contributed by atoms with Gasteiger partial charge in [-0.05, 0) is 80.7 Å². The lowest BCUT2D eigenvalue weighted by Gasteiger charge is -2.54. The average molecular weight is 645 g/mol. The van der Waals surface area contributed by atoms with Crippen LogP contribution in [0.2, 0.25) is 0 Å². The number of hydrogen-bond donors (Lipinski definition) is 1. The molecule has 0 radical (unpaired) electrons. The molecular formula is C35H39F3N8O. The Hall–Kier alpha value is -4.21. The maximum atomic E-state index is 13.0. The van der Waals surface area contributed by atoms with Gasteiger partial charge in [-0.2, -0.15) is 18.4 Å². The van der Waals surface area contributed by atoms with Gasteiger partial charge >= 0.3 is 6.18 Å². The van der Waals surface area contributed by atoms with Crippen LogP contribution < -0.4 is 10.2 Å². The third kappa shape index (κ3) is 6.26. The molecule has 1 N–H and O–H groups in total. The lowest BCUT2D eigenvalue weighted by molar-refractivity contribution is -0.127. The largest absolute Gasteiger partial charge is 0.393 e. The van der Waals surface area contributed by atoms with E-state index in [9.17, 15) is 23.2 Å². The van der Waals surface area contributed by atoms with Gasteiger partial charge in [0, 0.05) is 67.0 Å². The number of aryl methyl sites for hydroxylation is 1. The fourth-order valence-corrected chi connectivity index (χ4v) is 7.74. The predicted molar refractivity (Wildman–Crippen MR) is 174 cm³/mol. The zero-order valence-corrected chi connectivity index (χ0v) is 26.8. The third-order valence-corrected chi connectivity index (χ3v) is 10.5. The molecule has 0 saturated carbocycles. The molecule has 1 spiro atoms. The van der Waals surface area contributed by atoms with Gasteiger partial charge in [0.05, 0.1) is 18.5 Å². The Morgan fingerprint density at radius 1 is 1.06 bits per heavy atom. The van der Waals surface area contributed by atoms with Gasteiger partial charge in [-0.15, -0.1) is 0 Å². The minimum atomic E-state index is -4.26. The first kappa shape index (κ1) is 31.4. The third-order valence-electron chi connectivity index (χ3n) is 10.5. The zero-order chi connectivity index (χ0) is 32.9. The lowest BCUT2D eigenvalue weighted by Crippen LogP contribution is -2.60. The van der Waals surface area contributed by atoms with E-state index in [0.29, 0.717) is 36.2 Å². The zero-order valence-electron chi connectivity index (χ0n) is 26.8. The summed E-state index contributed by atoms with van der Waals surface area (Å²) in [6.45, 7) is 11.2. The first-order chi connectivity index (χ1) is 22.5. The van der Waals surface area contributed by atoms with Gasteiger partial charge in [-0.1, -0.05) is 12.1 Å². The number of anilines is 1. The van der Waals surface area contributed by atoms with E-state index >= 15 is 0 Å². The van der Waals surface area contributed by atoms with Crippen molar-refractivity contribution in [3.8, 4) is 6.07 Å². The number of nitriles is 1. The SMILES string of the molecule is Cc1c(CN2CCC3(CC2)CN(c2ncnc4ccc(CC(F)(F)F)cc24)C3)ccc2c1cc(C#N)n2CC(C)N1CCNC(=O)C1. The molecule has 246 valence electrons. The number of piperidine rings is 1. The fourth-order valence-electron chi connectivity index (χ4n) is 7.74. The number of likely N-dealkylation sites (tertiary alicyclic amines) is 1. The van der Waals surface area contributed by atoms with Crippen molar-refractivity contribution in [2.24, 2.45) is 5.41 Å². The maximum Gasteiger partial charge on any atom is 0.393 e. The van der Waals surface area contributed by atoms with Crippen molar-refractivity contribution in [3.05, 3.63) is 65.1 Å². The van der Waals surface area contributed by atoms with Crippen LogP contribution in [0.4, 0.5) is 19.0 Å². The summed E-state index contributed by atoms with van der Waals surface area (Å²) in [5, 5.41) is 14.6. The molecule has 3 aliphatic rings. The summed E-state index contributed by atoms with van der Waals surface area (Å²) in [4.78, 5) is 27.6. The minimum absolute atomic E-state index is 0.0421. The highest BCUT2D eigenvalue weighted by molar-refractivity contribution is 5.90. The monoisotopic (exact) mass is 644 g/mol. The lowest BCUT2D eigenvalue weighted by atomic mass is 9.72. The molecule has 12 heteroatoms. The molecular weight excluding hydrogens is 605 g/mol. The van der Waals surface area contributed by atoms with Gasteiger partial charge in [0.1, 0.15) is 23.9 Å². The second-order valence-corrected chi connectivity index (χ2v) is 13.7. The second kappa shape index (κ2) is 12.1. The van der Waals surface area contributed by atoms with E-state index in [2.05, 4.69) is 66.6 Å². The summed E-state index contributed by atoms with van der Waals surface area (Å²) < 4.78 is 41.2. The molecule has 2 aromatic carbocycles. The highest BCUT2D eigenvalue weighted by Gasteiger charge is 2.45. The van der Waals surface area contributed by atoms with E-state index in [4.69, 9.17) is 0 Å². The number of benzene rings is 2. The van der Waals surface area contributed by atoms with E-state index in [1.807, 2.05) is 6.07 Å². The van der Waals surface area contributed by atoms with Crippen molar-refractivity contribution in [2.45, 2.75) is 58.4 Å². The highest BCUT2D eigenvalue weighted by atomic mass is 19.4. The Kier molecular flexibility index (Phi) is 8.09. The average Bonchev–Trinajstić information content (AvgIpc) is 3.38. The number of nitrogens with one attached hydrogen (secondary N) is 1. The number of hydrogen-bond acceptors (Lipinski definition) is 7. The molecule has 47 heavy (non-hydrogen) atoms. The van der Waals surface area contributed by atoms with Crippen molar-refractivity contribution in [1.82, 2.24) is 29.7 Å². The molecule has 3 fully saturated rings. The number of carbonyl (C=O) groups is 1. The summed E-state index contributed by atoms with van der Waals surface area (Å²) >= 11 is 0. The van der Waals surface area contributed by atoms with Gasteiger partial charge in [0.25, 0.3) is 0 Å². The molecule has 1 unspecified atom stereocenters. The van der Waals surface area contributed by atoms with E-state index in [1.165, 1.54) is 23.5 Å². The van der Waals surface area contributed by atoms with Crippen LogP contribution in [-0.4, -0.2) is 88.3 Å². The summed E-state index contributed by atoms with van der Waals surface area (Å²) in [6, 6.07) is 13.6. The number of alkyl halides is 3. The Labute approximate surface area is 272 Å². The first-order valence-electron chi connectivity index (χ1n) is 16.3. The standard InChI is InChI=1S/C35H39F3N8O/c1-23(44-12-9-40-32(47)19-44)17-46-27(16-39)14-28-24(2)26(4-6-31(28)46)18-43-10-7-34(8-11-43)20-45(21-34)33-29-13-25(15-35(36,37)38)3-5-30(29)41-22-42-33/h3-6,13-14,22-23H,7-12,15,17-21H2,1-2H3,(H,40,47). The van der Waals surface area contributed by atoms with Crippen LogP contribution >= 0.6 is 0 Å². The van der Waals surface area contributed by atoms with Crippen molar-refractivity contribution in [2.75, 3.05) is 50.7 Å². The molecule has 0 bridgehead atoms. The number of halogens is 3. The quantitative estimate of drug-likeness (QED) is 0.309. The molecule has 0 aliphatic carbocycles. The number of amides is 1. The fraction of sp³-hybridized carbons (Fsp3) is 0.486. The van der Waals surface area contributed by atoms with Gasteiger partial charge < -0.3 is 14.8 Å². The molecule has 1 atom stereocenters. The van der Waals surface area contributed by atoms with Crippen LogP contribution in [0.25, 0.3) is 21.8 Å². The smallest absolute Gasteiger partial charge is 0.355 e. The number of piperazine rings is 1. The van der Waals surface area contributed by atoms with Crippen molar-refractivity contribution < 1.29 is 18.0 Å². The Morgan fingerprint density at radius 3 is 2.57 bits per heavy atom. The van der Waals surface area contributed by atoms with Gasteiger partial charge in [-0.3, -0.25) is 14.6 Å². The van der Waals surface area contributed by atoms with Crippen LogP contribution in [0.15, 0.2) is 42.7 Å². The van der Waals surface area contributed by atoms with Crippen molar-refractivity contribution in [1.29, 1.82) is 5.26 Å². The molecule has 5 heterocycles. The molecule has 3 aliphatic heterocycles. The molecule has 3 saturated heterocycles. The normalized spacial score (nSPS) is 19.6. The van der Waals surface area contributed by atoms with Crippen LogP contribution in [0.3, 0.4) is 0 Å². The summed E-state index contributed by atoms with van der Waals surface area (Å²) in [6.07, 6.45) is -1.63. The van der Waals surface area contributed by atoms with Gasteiger partial charge in [-0.25, -0.2) is 9.97 Å². The minimum Gasteiger partial charge on any atom is -0.355 e. The maximum absolute atomic E-state index is 13.0. The van der Waals surface area contributed by atoms with Crippen LogP contribution in [0.5, 0.6) is 0 Å². The van der Waals surface area contributed by atoms with Crippen LogP contribution in [-0.2, 0) is 24.3 Å². The number of aromatic nitrogens is 3. The van der Waals surface area contributed by atoms with E-state index in [1.54, 1.807) is 12.1 Å². The number of fused-ring (bicyclic) bond motifs is 2. The van der Waals surface area contributed by atoms with E-state index < -0.39 is 12.6 Å². The van der Waals surface area contributed by atoms with Crippen molar-refractivity contribution >= 4 is 33.5 Å². The summed E-state index contributed by atoms with van der Waals surface area (Å²) in [5.41, 5.74) is 5.20. The summed E-state index contributed by atoms with van der Waals surface area (Å²) in [5.74, 6) is 0.760. The van der Waals surface area contributed by atoms with E-state index in [0.717, 1.165) is 68.8 Å². The number of rotatable bonds is 7. The van der Waals surface area contributed by atoms with Crippen LogP contribution in [0.1, 0.15) is 42.1 Å². The molecule has 9 nitrogen and oxygen atoms in total. The Morgan fingerprint density at radius 2 is 1.85 bits per heavy atom. The van der Waals surface area contributed by atoms with Gasteiger partial charge in [0.2, 0.25) is 5.91 Å². The predicted octanol–water partition coefficient (Wildman–Crippen LogP) is 4.79. The van der Waals surface area contributed by atoms with Crippen molar-refractivity contribution in [3.63, 3.8) is 0 Å². The van der Waals surface area contributed by atoms with Gasteiger partial charge in [0.15, 0.2) is 0 Å². The first-order valence-corrected chi connectivity index (χ1v) is 16.3. The molecule has 1 amide bonds. The topological polar surface area (TPSA) is 93.3 Å². The van der Waals surface area contributed by atoms with Crippen LogP contribution in [0, 0.1) is 23.7 Å². The van der Waals surface area contributed by atoms with E-state index in [-0.39, 0.29) is 22.9 Å². The molecule has 7 rings (SSSR count). The number of nitrogens with zero attached hydrogens (tertiary/aromatic N) is 7. The number of carbonyl (C=O) groups excluding carboxylic acids is 1. The second-order valence-electron chi connectivity index (χ2n) is 13.7. The Balaban J connectivity index is 0.999. The molecule has 2 aromatic heterocycles. The highest BCUT2D eigenvalue weighted by Crippen LogP contribution is 2.44.